The molecule has 3 saturated carbocycles. The third-order valence-electron chi connectivity index (χ3n) is 8.93. The van der Waals surface area contributed by atoms with Crippen LogP contribution in [0.15, 0.2) is 22.5 Å². The Morgan fingerprint density at radius 3 is 2.66 bits per heavy atom. The van der Waals surface area contributed by atoms with Crippen LogP contribution in [0.2, 0.25) is 0 Å². The molecule has 6 atom stereocenters. The second kappa shape index (κ2) is 11.6. The van der Waals surface area contributed by atoms with Gasteiger partial charge >= 0.3 is 7.12 Å². The fourth-order valence-corrected chi connectivity index (χ4v) is 7.23. The van der Waals surface area contributed by atoms with Gasteiger partial charge in [-0.15, -0.1) is 11.3 Å². The zero-order chi connectivity index (χ0) is 27.7. The maximum Gasteiger partial charge on any atom is 0.481 e. The highest BCUT2D eigenvalue weighted by Crippen LogP contribution is 2.65. The van der Waals surface area contributed by atoms with Crippen LogP contribution < -0.4 is 21.7 Å². The van der Waals surface area contributed by atoms with Crippen molar-refractivity contribution in [3.8, 4) is 0 Å². The smallest absolute Gasteiger partial charge is 0.404 e. The molecule has 3 aliphatic carbocycles. The molecule has 0 unspecified atom stereocenters. The summed E-state index contributed by atoms with van der Waals surface area (Å²) < 4.78 is 13.2. The summed E-state index contributed by atoms with van der Waals surface area (Å²) in [4.78, 5) is 31.0. The molecular weight excluding hydrogens is 501 g/mol. The normalized spacial score (nSPS) is 29.3. The zero-order valence-electron chi connectivity index (χ0n) is 23.6. The summed E-state index contributed by atoms with van der Waals surface area (Å²) in [6.45, 7) is 11.7. The first-order valence-corrected chi connectivity index (χ1v) is 14.8. The van der Waals surface area contributed by atoms with Crippen molar-refractivity contribution in [3.05, 3.63) is 22.4 Å². The largest absolute Gasteiger partial charge is 0.481 e. The fourth-order valence-electron chi connectivity index (χ4n) is 6.61. The Morgan fingerprint density at radius 1 is 1.26 bits per heavy atom. The number of carbonyl (C=O) groups excluding carboxylic acids is 2. The van der Waals surface area contributed by atoms with Crippen molar-refractivity contribution < 1.29 is 18.9 Å². The Balaban J connectivity index is 1.45. The first kappa shape index (κ1) is 28.9. The third-order valence-corrected chi connectivity index (χ3v) is 9.80. The van der Waals surface area contributed by atoms with Crippen LogP contribution in [0.5, 0.6) is 0 Å². The van der Waals surface area contributed by atoms with Crippen molar-refractivity contribution in [2.75, 3.05) is 13.6 Å². The number of aliphatic imine (C=N–C) groups is 1. The molecule has 1 aromatic heterocycles. The molecule has 1 aromatic rings. The summed E-state index contributed by atoms with van der Waals surface area (Å²) in [5.41, 5.74) is 5.63. The summed E-state index contributed by atoms with van der Waals surface area (Å²) in [6.07, 6.45) is 4.01. The standard InChI is InChI=1S/C27H44BN5O4S/c1-16(2)13-22(28-36-21-15-17-14-20(26(17,3)4)27(21,5)37-28)33-23(34)18(9-7-11-31-25(29)30-6)32-24(35)19-10-8-12-38-19/h8,10,12,16-18,20-22H,7,9,11,13-15H2,1-6H3,(H,32,35)(H,33,34)(H3,29,30,31)/t17-,18-,20-,21+,22-,27-/m0/s1. The number of guanidine groups is 1. The highest BCUT2D eigenvalue weighted by atomic mass is 32.1. The average molecular weight is 546 g/mol. The van der Waals surface area contributed by atoms with Gasteiger partial charge in [-0.25, -0.2) is 0 Å². The zero-order valence-corrected chi connectivity index (χ0v) is 24.4. The molecule has 2 bridgehead atoms. The second-order valence-corrected chi connectivity index (χ2v) is 13.2. The lowest BCUT2D eigenvalue weighted by atomic mass is 9.43. The van der Waals surface area contributed by atoms with Crippen molar-refractivity contribution in [1.29, 1.82) is 0 Å². The second-order valence-electron chi connectivity index (χ2n) is 12.3. The minimum Gasteiger partial charge on any atom is -0.404 e. The first-order valence-electron chi connectivity index (χ1n) is 13.9. The van der Waals surface area contributed by atoms with Crippen molar-refractivity contribution in [2.45, 2.75) is 90.4 Å². The summed E-state index contributed by atoms with van der Waals surface area (Å²) >= 11 is 1.35. The minimum atomic E-state index is -0.702. The van der Waals surface area contributed by atoms with Gasteiger partial charge in [-0.2, -0.15) is 0 Å². The summed E-state index contributed by atoms with van der Waals surface area (Å²) in [7, 11) is 1.10. The van der Waals surface area contributed by atoms with Gasteiger partial charge in [0.15, 0.2) is 5.96 Å². The van der Waals surface area contributed by atoms with Crippen LogP contribution in [-0.4, -0.2) is 62.2 Å². The predicted molar refractivity (Wildman–Crippen MR) is 152 cm³/mol. The molecule has 4 fully saturated rings. The number of hydrogen-bond donors (Lipinski definition) is 4. The molecule has 0 aromatic carbocycles. The van der Waals surface area contributed by atoms with E-state index < -0.39 is 13.2 Å². The number of amides is 2. The molecular formula is C27H44BN5O4S. The van der Waals surface area contributed by atoms with E-state index in [0.717, 1.165) is 6.42 Å². The fraction of sp³-hybridized carbons (Fsp3) is 0.741. The van der Waals surface area contributed by atoms with Gasteiger partial charge in [-0.1, -0.05) is 33.8 Å². The van der Waals surface area contributed by atoms with Gasteiger partial charge in [-0.3, -0.25) is 14.6 Å². The van der Waals surface area contributed by atoms with E-state index in [1.54, 1.807) is 13.1 Å². The van der Waals surface area contributed by atoms with E-state index >= 15 is 0 Å². The number of rotatable bonds is 11. The van der Waals surface area contributed by atoms with Crippen LogP contribution in [0, 0.1) is 23.2 Å². The Labute approximate surface area is 231 Å². The molecule has 9 nitrogen and oxygen atoms in total. The lowest BCUT2D eigenvalue weighted by Gasteiger charge is -2.64. The van der Waals surface area contributed by atoms with E-state index in [4.69, 9.17) is 15.0 Å². The quantitative estimate of drug-likeness (QED) is 0.147. The Bertz CT molecular complexity index is 1020. The highest BCUT2D eigenvalue weighted by Gasteiger charge is 2.68. The first-order chi connectivity index (χ1) is 18.0. The van der Waals surface area contributed by atoms with Crippen LogP contribution in [0.1, 0.15) is 76.4 Å². The molecule has 210 valence electrons. The SMILES string of the molecule is CN=C(N)NCCC[C@H](NC(=O)c1cccs1)C(=O)N[C@@H](CC(C)C)B1O[C@@H]2C[C@@H]3C[C@@H](C3(C)C)[C@]2(C)O1. The van der Waals surface area contributed by atoms with Crippen molar-refractivity contribution in [2.24, 2.45) is 33.9 Å². The molecule has 5 N–H and O–H groups in total. The van der Waals surface area contributed by atoms with Crippen molar-refractivity contribution >= 4 is 36.2 Å². The topological polar surface area (TPSA) is 127 Å². The number of hydrogen-bond acceptors (Lipinski definition) is 6. The molecule has 0 spiro atoms. The Hall–Kier alpha value is -2.11. The van der Waals surface area contributed by atoms with Gasteiger partial charge < -0.3 is 31.0 Å². The van der Waals surface area contributed by atoms with Crippen molar-refractivity contribution in [3.63, 3.8) is 0 Å². The monoisotopic (exact) mass is 545 g/mol. The summed E-state index contributed by atoms with van der Waals surface area (Å²) in [5.74, 6) is 0.982. The van der Waals surface area contributed by atoms with Gasteiger partial charge in [0, 0.05) is 13.6 Å². The van der Waals surface area contributed by atoms with Gasteiger partial charge in [0.2, 0.25) is 5.91 Å². The van der Waals surface area contributed by atoms with Crippen molar-refractivity contribution in [1.82, 2.24) is 16.0 Å². The molecule has 1 aliphatic heterocycles. The van der Waals surface area contributed by atoms with Crippen LogP contribution in [0.3, 0.4) is 0 Å². The molecule has 1 saturated heterocycles. The molecule has 5 rings (SSSR count). The third kappa shape index (κ3) is 5.89. The lowest BCUT2D eigenvalue weighted by Crippen LogP contribution is -2.65. The van der Waals surface area contributed by atoms with Gasteiger partial charge in [0.1, 0.15) is 6.04 Å². The van der Waals surface area contributed by atoms with Crippen LogP contribution in [-0.2, 0) is 14.1 Å². The van der Waals surface area contributed by atoms with E-state index in [-0.39, 0.29) is 34.9 Å². The maximum atomic E-state index is 13.6. The van der Waals surface area contributed by atoms with E-state index in [1.165, 1.54) is 17.8 Å². The number of nitrogens with zero attached hydrogens (tertiary/aromatic N) is 1. The van der Waals surface area contributed by atoms with E-state index in [9.17, 15) is 9.59 Å². The average Bonchev–Trinajstić information content (AvgIpc) is 3.52. The molecule has 11 heteroatoms. The van der Waals surface area contributed by atoms with Gasteiger partial charge in [0.05, 0.1) is 22.5 Å². The molecule has 2 heterocycles. The number of carbonyl (C=O) groups is 2. The van der Waals surface area contributed by atoms with Crippen LogP contribution >= 0.6 is 11.3 Å². The predicted octanol–water partition coefficient (Wildman–Crippen LogP) is 2.96. The lowest BCUT2D eigenvalue weighted by molar-refractivity contribution is -0.199. The number of nitrogens with two attached hydrogens (primary N) is 1. The van der Waals surface area contributed by atoms with E-state index in [1.807, 2.05) is 11.4 Å². The molecule has 2 amide bonds. The highest BCUT2D eigenvalue weighted by molar-refractivity contribution is 7.12. The van der Waals surface area contributed by atoms with Crippen LogP contribution in [0.4, 0.5) is 0 Å². The maximum absolute atomic E-state index is 13.6. The Morgan fingerprint density at radius 2 is 2.03 bits per heavy atom. The summed E-state index contributed by atoms with van der Waals surface area (Å²) in [6, 6.07) is 2.88. The van der Waals surface area contributed by atoms with Gasteiger partial charge in [-0.05, 0) is 73.6 Å². The van der Waals surface area contributed by atoms with E-state index in [2.05, 4.69) is 55.6 Å². The van der Waals surface area contributed by atoms with E-state index in [0.29, 0.717) is 54.4 Å². The van der Waals surface area contributed by atoms with Gasteiger partial charge in [0.25, 0.3) is 5.91 Å². The molecule has 4 aliphatic rings. The number of thiophene rings is 1. The Kier molecular flexibility index (Phi) is 8.79. The molecule has 38 heavy (non-hydrogen) atoms. The van der Waals surface area contributed by atoms with Crippen LogP contribution in [0.25, 0.3) is 0 Å². The summed E-state index contributed by atoms with van der Waals surface area (Å²) in [5, 5.41) is 11.0. The minimum absolute atomic E-state index is 0.0435. The molecule has 0 radical (unpaired) electrons. The number of nitrogens with one attached hydrogen (secondary N) is 3.